The molecule has 8 nitrogen and oxygen atoms in total. The van der Waals surface area contributed by atoms with Crippen LogP contribution >= 0.6 is 0 Å². The van der Waals surface area contributed by atoms with Crippen LogP contribution in [0.5, 0.6) is 0 Å². The monoisotopic (exact) mass is 564 g/mol. The number of nitrogens with zero attached hydrogens (tertiary/aromatic N) is 3. The standard InChI is InChI=1S/C31H38F2N6O2/c1-2-6-27(36-24-11-10-21-15-23(32)16-26(33)25(21)17-24)31(41)37-29-19-39(20-35-29)28-8-4-3-7-22(28)18-34-12-14-38-13-5-9-30(38)40/h3-4,7-8,15-16,19-20,24,27,34,36H,2,5-6,9-14,17-18H2,1H3,(H,37,41)/t24-,27?/m0/s1. The van der Waals surface area contributed by atoms with Crippen LogP contribution in [0.1, 0.15) is 55.7 Å². The van der Waals surface area contributed by atoms with Crippen molar-refractivity contribution in [3.63, 3.8) is 0 Å². The molecular formula is C31H38F2N6O2. The number of amides is 2. The van der Waals surface area contributed by atoms with E-state index in [9.17, 15) is 18.4 Å². The first-order valence-electron chi connectivity index (χ1n) is 14.6. The van der Waals surface area contributed by atoms with E-state index in [0.717, 1.165) is 36.7 Å². The molecule has 1 aliphatic carbocycles. The van der Waals surface area contributed by atoms with Crippen LogP contribution in [0.2, 0.25) is 0 Å². The van der Waals surface area contributed by atoms with E-state index in [4.69, 9.17) is 0 Å². The second-order valence-electron chi connectivity index (χ2n) is 10.9. The number of hydrogen-bond acceptors (Lipinski definition) is 5. The van der Waals surface area contributed by atoms with Gasteiger partial charge in [-0.05, 0) is 60.9 Å². The van der Waals surface area contributed by atoms with Crippen molar-refractivity contribution in [3.8, 4) is 5.69 Å². The Bertz CT molecular complexity index is 1380. The molecule has 0 radical (unpaired) electrons. The van der Waals surface area contributed by atoms with Crippen molar-refractivity contribution in [2.75, 3.05) is 25.0 Å². The van der Waals surface area contributed by atoms with E-state index in [2.05, 4.69) is 20.9 Å². The van der Waals surface area contributed by atoms with E-state index in [1.54, 1.807) is 12.5 Å². The molecule has 1 aliphatic heterocycles. The predicted octanol–water partition coefficient (Wildman–Crippen LogP) is 4.12. The second-order valence-corrected chi connectivity index (χ2v) is 10.9. The fraction of sp³-hybridized carbons (Fsp3) is 0.452. The van der Waals surface area contributed by atoms with Crippen molar-refractivity contribution in [2.45, 2.75) is 70.5 Å². The van der Waals surface area contributed by atoms with Crippen molar-refractivity contribution < 1.29 is 18.4 Å². The first-order chi connectivity index (χ1) is 19.9. The SMILES string of the molecule is CCCC(N[C@H]1CCc2cc(F)cc(F)c2C1)C(=O)Nc1cn(-c2ccccc2CNCCN2CCCC2=O)cn1. The zero-order valence-electron chi connectivity index (χ0n) is 23.5. The molecule has 1 unspecified atom stereocenters. The van der Waals surface area contributed by atoms with E-state index in [1.807, 2.05) is 40.7 Å². The molecule has 218 valence electrons. The number of para-hydroxylation sites is 1. The molecule has 41 heavy (non-hydrogen) atoms. The average molecular weight is 565 g/mol. The van der Waals surface area contributed by atoms with Crippen LogP contribution in [0.25, 0.3) is 5.69 Å². The number of carbonyl (C=O) groups excluding carboxylic acids is 2. The predicted molar refractivity (Wildman–Crippen MR) is 154 cm³/mol. The number of hydrogen-bond donors (Lipinski definition) is 3. The zero-order valence-corrected chi connectivity index (χ0v) is 23.5. The number of aromatic nitrogens is 2. The van der Waals surface area contributed by atoms with Gasteiger partial charge in [-0.3, -0.25) is 9.59 Å². The van der Waals surface area contributed by atoms with E-state index < -0.39 is 17.7 Å². The van der Waals surface area contributed by atoms with Gasteiger partial charge in [-0.1, -0.05) is 31.5 Å². The Morgan fingerprint density at radius 3 is 2.85 bits per heavy atom. The van der Waals surface area contributed by atoms with Crippen LogP contribution in [0.3, 0.4) is 0 Å². The van der Waals surface area contributed by atoms with Crippen LogP contribution in [0.15, 0.2) is 48.9 Å². The molecule has 10 heteroatoms. The molecule has 2 heterocycles. The van der Waals surface area contributed by atoms with Crippen molar-refractivity contribution >= 4 is 17.6 Å². The molecule has 1 saturated heterocycles. The highest BCUT2D eigenvalue weighted by atomic mass is 19.1. The highest BCUT2D eigenvalue weighted by Crippen LogP contribution is 2.26. The van der Waals surface area contributed by atoms with Gasteiger partial charge in [-0.15, -0.1) is 0 Å². The number of halogens is 2. The van der Waals surface area contributed by atoms with Crippen molar-refractivity contribution in [1.29, 1.82) is 0 Å². The number of imidazole rings is 1. The molecule has 0 bridgehead atoms. The number of aryl methyl sites for hydroxylation is 1. The van der Waals surface area contributed by atoms with Crippen LogP contribution in [-0.4, -0.2) is 58.0 Å². The molecule has 0 spiro atoms. The summed E-state index contributed by atoms with van der Waals surface area (Å²) >= 11 is 0. The summed E-state index contributed by atoms with van der Waals surface area (Å²) < 4.78 is 29.9. The van der Waals surface area contributed by atoms with Crippen LogP contribution in [0.4, 0.5) is 14.6 Å². The van der Waals surface area contributed by atoms with E-state index in [1.165, 1.54) is 6.07 Å². The van der Waals surface area contributed by atoms with Gasteiger partial charge in [-0.2, -0.15) is 0 Å². The number of benzene rings is 2. The summed E-state index contributed by atoms with van der Waals surface area (Å²) in [6.07, 6.45) is 8.18. The van der Waals surface area contributed by atoms with Gasteiger partial charge >= 0.3 is 0 Å². The third-order valence-corrected chi connectivity index (χ3v) is 7.95. The van der Waals surface area contributed by atoms with Gasteiger partial charge in [0.1, 0.15) is 18.0 Å². The Morgan fingerprint density at radius 2 is 2.05 bits per heavy atom. The summed E-state index contributed by atoms with van der Waals surface area (Å²) in [5, 5.41) is 9.79. The molecule has 1 aromatic heterocycles. The summed E-state index contributed by atoms with van der Waals surface area (Å²) in [5.41, 5.74) is 3.26. The van der Waals surface area contributed by atoms with Crippen LogP contribution in [0, 0.1) is 11.6 Å². The Balaban J connectivity index is 1.18. The Labute approximate surface area is 239 Å². The summed E-state index contributed by atoms with van der Waals surface area (Å²) in [5.74, 6) is -0.584. The molecular weight excluding hydrogens is 526 g/mol. The summed E-state index contributed by atoms with van der Waals surface area (Å²) in [7, 11) is 0. The molecule has 5 rings (SSSR count). The summed E-state index contributed by atoms with van der Waals surface area (Å²) in [4.78, 5) is 31.4. The zero-order chi connectivity index (χ0) is 28.8. The number of nitrogens with one attached hydrogen (secondary N) is 3. The maximum absolute atomic E-state index is 14.4. The first kappa shape index (κ1) is 28.9. The van der Waals surface area contributed by atoms with Crippen LogP contribution < -0.4 is 16.0 Å². The maximum Gasteiger partial charge on any atom is 0.242 e. The average Bonchev–Trinajstić information content (AvgIpc) is 3.60. The molecule has 0 saturated carbocycles. The largest absolute Gasteiger partial charge is 0.341 e. The van der Waals surface area contributed by atoms with Gasteiger partial charge in [0.15, 0.2) is 5.82 Å². The third kappa shape index (κ3) is 7.18. The second kappa shape index (κ2) is 13.4. The lowest BCUT2D eigenvalue weighted by Crippen LogP contribution is -2.48. The highest BCUT2D eigenvalue weighted by Gasteiger charge is 2.27. The molecule has 2 aliphatic rings. The fourth-order valence-corrected chi connectivity index (χ4v) is 5.81. The quantitative estimate of drug-likeness (QED) is 0.288. The van der Waals surface area contributed by atoms with Gasteiger partial charge in [0.05, 0.1) is 17.9 Å². The minimum Gasteiger partial charge on any atom is -0.341 e. The smallest absolute Gasteiger partial charge is 0.242 e. The van der Waals surface area contributed by atoms with E-state index in [-0.39, 0.29) is 17.9 Å². The topological polar surface area (TPSA) is 91.3 Å². The van der Waals surface area contributed by atoms with Crippen molar-refractivity contribution in [1.82, 2.24) is 25.1 Å². The van der Waals surface area contributed by atoms with Gasteiger partial charge in [0, 0.05) is 44.7 Å². The number of fused-ring (bicyclic) bond motifs is 1. The Morgan fingerprint density at radius 1 is 1.20 bits per heavy atom. The van der Waals surface area contributed by atoms with E-state index >= 15 is 0 Å². The molecule has 2 amide bonds. The van der Waals surface area contributed by atoms with E-state index in [0.29, 0.717) is 68.7 Å². The minimum absolute atomic E-state index is 0.0784. The molecule has 1 fully saturated rings. The minimum atomic E-state index is -0.551. The lowest BCUT2D eigenvalue weighted by atomic mass is 9.87. The van der Waals surface area contributed by atoms with Crippen molar-refractivity contribution in [3.05, 3.63) is 77.2 Å². The molecule has 2 aromatic carbocycles. The summed E-state index contributed by atoms with van der Waals surface area (Å²) in [6.45, 7) is 4.91. The lowest BCUT2D eigenvalue weighted by Gasteiger charge is -2.29. The molecule has 2 atom stereocenters. The number of likely N-dealkylation sites (tertiary alicyclic amines) is 1. The Kier molecular flexibility index (Phi) is 9.41. The third-order valence-electron chi connectivity index (χ3n) is 7.95. The van der Waals surface area contributed by atoms with Gasteiger partial charge in [-0.25, -0.2) is 13.8 Å². The number of anilines is 1. The Hall–Kier alpha value is -3.63. The summed E-state index contributed by atoms with van der Waals surface area (Å²) in [6, 6.07) is 9.79. The molecule has 3 aromatic rings. The highest BCUT2D eigenvalue weighted by molar-refractivity contribution is 5.94. The van der Waals surface area contributed by atoms with Gasteiger partial charge < -0.3 is 25.4 Å². The van der Waals surface area contributed by atoms with Gasteiger partial charge in [0.2, 0.25) is 11.8 Å². The first-order valence-corrected chi connectivity index (χ1v) is 14.6. The number of carbonyl (C=O) groups is 2. The van der Waals surface area contributed by atoms with Crippen LogP contribution in [-0.2, 0) is 29.0 Å². The maximum atomic E-state index is 14.4. The lowest BCUT2D eigenvalue weighted by molar-refractivity contribution is -0.127. The normalized spacial score (nSPS) is 17.5. The number of rotatable bonds is 12. The fourth-order valence-electron chi connectivity index (χ4n) is 5.81. The van der Waals surface area contributed by atoms with Gasteiger partial charge in [0.25, 0.3) is 0 Å². The van der Waals surface area contributed by atoms with Crippen molar-refractivity contribution in [2.24, 2.45) is 0 Å². The molecule has 3 N–H and O–H groups in total.